The smallest absolute Gasteiger partial charge is 0.433 e. The van der Waals surface area contributed by atoms with E-state index in [4.69, 9.17) is 9.47 Å². The zero-order valence-corrected chi connectivity index (χ0v) is 18.9. The molecule has 0 fully saturated rings. The summed E-state index contributed by atoms with van der Waals surface area (Å²) in [5, 5.41) is 6.35. The Morgan fingerprint density at radius 1 is 0.886 bits per heavy atom. The first kappa shape index (κ1) is 23.8. The number of ether oxygens (including phenoxy) is 2. The van der Waals surface area contributed by atoms with Crippen LogP contribution in [0.4, 0.5) is 30.6 Å². The number of hydrogen-bond donors (Lipinski definition) is 2. The number of rotatable bonds is 8. The highest BCUT2D eigenvalue weighted by Gasteiger charge is 2.32. The lowest BCUT2D eigenvalue weighted by Crippen LogP contribution is -2.07. The highest BCUT2D eigenvalue weighted by molar-refractivity contribution is 5.68. The predicted molar refractivity (Wildman–Crippen MR) is 127 cm³/mol. The average molecular weight is 481 g/mol. The van der Waals surface area contributed by atoms with Gasteiger partial charge in [-0.3, -0.25) is 4.98 Å². The largest absolute Gasteiger partial charge is 0.497 e. The van der Waals surface area contributed by atoms with Crippen LogP contribution in [0.3, 0.4) is 0 Å². The number of alkyl halides is 3. The molecule has 4 aromatic rings. The summed E-state index contributed by atoms with van der Waals surface area (Å²) in [7, 11) is 1.60. The first-order valence-corrected chi connectivity index (χ1v) is 10.7. The minimum atomic E-state index is -4.54. The first-order chi connectivity index (χ1) is 16.8. The van der Waals surface area contributed by atoms with Crippen molar-refractivity contribution in [3.8, 4) is 28.5 Å². The van der Waals surface area contributed by atoms with E-state index in [0.29, 0.717) is 41.2 Å². The van der Waals surface area contributed by atoms with E-state index in [0.717, 1.165) is 17.8 Å². The fourth-order valence-electron chi connectivity index (χ4n) is 3.20. The van der Waals surface area contributed by atoms with E-state index in [-0.39, 0.29) is 5.75 Å². The fourth-order valence-corrected chi connectivity index (χ4v) is 3.20. The molecule has 35 heavy (non-hydrogen) atoms. The second-order valence-corrected chi connectivity index (χ2v) is 7.35. The molecule has 2 N–H and O–H groups in total. The van der Waals surface area contributed by atoms with E-state index in [1.807, 2.05) is 37.3 Å². The molecule has 0 spiro atoms. The third kappa shape index (κ3) is 6.17. The topological polar surface area (TPSA) is 81.2 Å². The summed E-state index contributed by atoms with van der Waals surface area (Å²) in [6.07, 6.45) is -3.48. The number of anilines is 3. The van der Waals surface area contributed by atoms with Gasteiger partial charge in [-0.1, -0.05) is 12.1 Å². The Labute approximate surface area is 200 Å². The first-order valence-electron chi connectivity index (χ1n) is 10.7. The molecule has 2 heterocycles. The normalized spacial score (nSPS) is 11.1. The molecule has 0 saturated heterocycles. The Bertz CT molecular complexity index is 1300. The van der Waals surface area contributed by atoms with E-state index in [2.05, 4.69) is 25.6 Å². The van der Waals surface area contributed by atoms with Crippen LogP contribution < -0.4 is 20.1 Å². The number of benzene rings is 2. The van der Waals surface area contributed by atoms with E-state index < -0.39 is 11.9 Å². The van der Waals surface area contributed by atoms with E-state index in [1.54, 1.807) is 31.4 Å². The van der Waals surface area contributed by atoms with Crippen molar-refractivity contribution in [2.45, 2.75) is 13.1 Å². The number of nitrogens with one attached hydrogen (secondary N) is 2. The molecule has 0 unspecified atom stereocenters. The molecule has 0 saturated carbocycles. The van der Waals surface area contributed by atoms with Crippen LogP contribution in [0.25, 0.3) is 11.3 Å². The SMILES string of the molecule is CCNc1nc(Nc2ccc(Oc3ccnc(C(F)(F)F)c3)cc2)cc(-c2cccc(OC)c2)n1. The van der Waals surface area contributed by atoms with Crippen molar-refractivity contribution in [2.75, 3.05) is 24.3 Å². The van der Waals surface area contributed by atoms with Crippen molar-refractivity contribution >= 4 is 17.5 Å². The lowest BCUT2D eigenvalue weighted by molar-refractivity contribution is -0.141. The Morgan fingerprint density at radius 2 is 1.69 bits per heavy atom. The third-order valence-corrected chi connectivity index (χ3v) is 4.81. The Kier molecular flexibility index (Phi) is 7.00. The maximum absolute atomic E-state index is 12.9. The van der Waals surface area contributed by atoms with Crippen LogP contribution in [-0.4, -0.2) is 28.6 Å². The summed E-state index contributed by atoms with van der Waals surface area (Å²) < 4.78 is 49.5. The highest BCUT2D eigenvalue weighted by atomic mass is 19.4. The number of methoxy groups -OCH3 is 1. The van der Waals surface area contributed by atoms with Crippen molar-refractivity contribution < 1.29 is 22.6 Å². The molecule has 0 atom stereocenters. The molecule has 0 aliphatic heterocycles. The molecule has 4 rings (SSSR count). The number of nitrogens with zero attached hydrogens (tertiary/aromatic N) is 3. The summed E-state index contributed by atoms with van der Waals surface area (Å²) in [4.78, 5) is 12.4. The Balaban J connectivity index is 1.53. The zero-order valence-electron chi connectivity index (χ0n) is 18.9. The maximum Gasteiger partial charge on any atom is 0.433 e. The fraction of sp³-hybridized carbons (Fsp3) is 0.160. The van der Waals surface area contributed by atoms with Crippen LogP contribution in [0.2, 0.25) is 0 Å². The van der Waals surface area contributed by atoms with Gasteiger partial charge in [-0.25, -0.2) is 4.98 Å². The van der Waals surface area contributed by atoms with Crippen molar-refractivity contribution in [1.29, 1.82) is 0 Å². The van der Waals surface area contributed by atoms with E-state index in [1.165, 1.54) is 6.07 Å². The molecule has 180 valence electrons. The summed E-state index contributed by atoms with van der Waals surface area (Å²) in [6, 6.07) is 18.4. The second-order valence-electron chi connectivity index (χ2n) is 7.35. The number of halogens is 3. The van der Waals surface area contributed by atoms with Crippen LogP contribution in [0.15, 0.2) is 72.9 Å². The van der Waals surface area contributed by atoms with Gasteiger partial charge in [0.25, 0.3) is 0 Å². The third-order valence-electron chi connectivity index (χ3n) is 4.81. The maximum atomic E-state index is 12.9. The second kappa shape index (κ2) is 10.3. The summed E-state index contributed by atoms with van der Waals surface area (Å²) in [6.45, 7) is 2.60. The highest BCUT2D eigenvalue weighted by Crippen LogP contribution is 2.32. The molecular weight excluding hydrogens is 459 g/mol. The molecule has 0 aliphatic rings. The molecular formula is C25H22F3N5O2. The van der Waals surface area contributed by atoms with E-state index >= 15 is 0 Å². The molecule has 0 aliphatic carbocycles. The van der Waals surface area contributed by atoms with Gasteiger partial charge >= 0.3 is 6.18 Å². The molecule has 0 radical (unpaired) electrons. The summed E-state index contributed by atoms with van der Waals surface area (Å²) in [5.74, 6) is 2.16. The van der Waals surface area contributed by atoms with Crippen LogP contribution in [0, 0.1) is 0 Å². The minimum Gasteiger partial charge on any atom is -0.497 e. The lowest BCUT2D eigenvalue weighted by atomic mass is 10.1. The zero-order chi connectivity index (χ0) is 24.8. The van der Waals surface area contributed by atoms with Crippen molar-refractivity contribution in [2.24, 2.45) is 0 Å². The number of hydrogen-bond acceptors (Lipinski definition) is 7. The minimum absolute atomic E-state index is 0.0436. The Morgan fingerprint density at radius 3 is 2.40 bits per heavy atom. The van der Waals surface area contributed by atoms with E-state index in [9.17, 15) is 13.2 Å². The van der Waals surface area contributed by atoms with Crippen molar-refractivity contribution in [3.05, 3.63) is 78.6 Å². The van der Waals surface area contributed by atoms with Gasteiger partial charge in [0.1, 0.15) is 28.8 Å². The van der Waals surface area contributed by atoms with Crippen LogP contribution in [-0.2, 0) is 6.18 Å². The van der Waals surface area contributed by atoms with Crippen LogP contribution >= 0.6 is 0 Å². The van der Waals surface area contributed by atoms with Gasteiger partial charge in [-0.05, 0) is 49.4 Å². The number of aromatic nitrogens is 3. The average Bonchev–Trinajstić information content (AvgIpc) is 2.85. The molecule has 2 aromatic carbocycles. The molecule has 2 aromatic heterocycles. The van der Waals surface area contributed by atoms with Gasteiger partial charge in [-0.15, -0.1) is 0 Å². The van der Waals surface area contributed by atoms with Gasteiger partial charge < -0.3 is 20.1 Å². The van der Waals surface area contributed by atoms with Crippen molar-refractivity contribution in [3.63, 3.8) is 0 Å². The molecule has 7 nitrogen and oxygen atoms in total. The summed E-state index contributed by atoms with van der Waals surface area (Å²) >= 11 is 0. The van der Waals surface area contributed by atoms with Gasteiger partial charge in [0.05, 0.1) is 12.8 Å². The van der Waals surface area contributed by atoms with Gasteiger partial charge in [0.15, 0.2) is 0 Å². The molecule has 10 heteroatoms. The quantitative estimate of drug-likeness (QED) is 0.296. The van der Waals surface area contributed by atoms with Crippen LogP contribution in [0.1, 0.15) is 12.6 Å². The Hall–Kier alpha value is -4.34. The molecule has 0 bridgehead atoms. The monoisotopic (exact) mass is 481 g/mol. The number of pyridine rings is 1. The van der Waals surface area contributed by atoms with Gasteiger partial charge in [0.2, 0.25) is 5.95 Å². The van der Waals surface area contributed by atoms with Gasteiger partial charge in [-0.2, -0.15) is 18.2 Å². The lowest BCUT2D eigenvalue weighted by Gasteiger charge is -2.12. The van der Waals surface area contributed by atoms with Crippen molar-refractivity contribution in [1.82, 2.24) is 15.0 Å². The van der Waals surface area contributed by atoms with Crippen LogP contribution in [0.5, 0.6) is 17.2 Å². The molecule has 0 amide bonds. The standard InChI is InChI=1S/C25H22F3N5O2/c1-3-29-24-32-21(16-5-4-6-19(13-16)34-2)15-23(33-24)31-17-7-9-18(10-8-17)35-20-11-12-30-22(14-20)25(26,27)28/h4-15H,3H2,1-2H3,(H2,29,31,32,33). The van der Waals surface area contributed by atoms with Gasteiger partial charge in [0, 0.05) is 36.1 Å². The summed E-state index contributed by atoms with van der Waals surface area (Å²) in [5.41, 5.74) is 1.27. The predicted octanol–water partition coefficient (Wildman–Crippen LogP) is 6.53.